The molecule has 110 valence electrons. The van der Waals surface area contributed by atoms with Crippen molar-refractivity contribution < 1.29 is 14.3 Å². The summed E-state index contributed by atoms with van der Waals surface area (Å²) >= 11 is 2.38. The van der Waals surface area contributed by atoms with Crippen LogP contribution in [0.25, 0.3) is 0 Å². The number of ether oxygens (including phenoxy) is 1. The Bertz CT molecular complexity index is 659. The van der Waals surface area contributed by atoms with E-state index in [1.54, 1.807) is 11.4 Å². The van der Waals surface area contributed by atoms with Crippen molar-refractivity contribution >= 4 is 46.5 Å². The molecule has 0 fully saturated rings. The third-order valence-electron chi connectivity index (χ3n) is 2.34. The maximum absolute atomic E-state index is 11.9. The number of hydrogen-bond acceptors (Lipinski definition) is 8. The monoisotopic (exact) mass is 324 g/mol. The highest BCUT2D eigenvalue weighted by Gasteiger charge is 2.16. The highest BCUT2D eigenvalue weighted by atomic mass is 32.2. The Kier molecular flexibility index (Phi) is 5.12. The zero-order valence-electron chi connectivity index (χ0n) is 11.0. The summed E-state index contributed by atoms with van der Waals surface area (Å²) in [5.41, 5.74) is 6.07. The number of rotatable bonds is 5. The Morgan fingerprint density at radius 1 is 1.43 bits per heavy atom. The van der Waals surface area contributed by atoms with Crippen LogP contribution in [0, 0.1) is 0 Å². The molecule has 0 atom stereocenters. The van der Waals surface area contributed by atoms with Gasteiger partial charge in [-0.1, -0.05) is 11.8 Å². The quantitative estimate of drug-likeness (QED) is 0.636. The van der Waals surface area contributed by atoms with E-state index in [4.69, 9.17) is 5.73 Å². The number of nitrogens with two attached hydrogens (primary N) is 1. The molecule has 0 aromatic carbocycles. The van der Waals surface area contributed by atoms with Crippen LogP contribution < -0.4 is 11.1 Å². The van der Waals surface area contributed by atoms with Crippen LogP contribution >= 0.6 is 23.1 Å². The van der Waals surface area contributed by atoms with Gasteiger partial charge in [0.2, 0.25) is 5.91 Å². The fraction of sp³-hybridized carbons (Fsp3) is 0.167. The summed E-state index contributed by atoms with van der Waals surface area (Å²) in [6.07, 6.45) is 2.98. The number of thioether (sulfide) groups is 1. The second kappa shape index (κ2) is 7.04. The lowest BCUT2D eigenvalue weighted by molar-refractivity contribution is -0.113. The van der Waals surface area contributed by atoms with E-state index in [0.29, 0.717) is 15.6 Å². The molecule has 0 radical (unpaired) electrons. The summed E-state index contributed by atoms with van der Waals surface area (Å²) < 4.78 is 4.64. The van der Waals surface area contributed by atoms with Gasteiger partial charge in [0.05, 0.1) is 18.6 Å². The largest absolute Gasteiger partial charge is 0.465 e. The number of aromatic nitrogens is 2. The van der Waals surface area contributed by atoms with E-state index in [-0.39, 0.29) is 17.5 Å². The van der Waals surface area contributed by atoms with Crippen molar-refractivity contribution in [2.24, 2.45) is 0 Å². The molecular formula is C12H12N4O3S2. The van der Waals surface area contributed by atoms with Gasteiger partial charge in [0.1, 0.15) is 9.90 Å². The first-order valence-corrected chi connectivity index (χ1v) is 7.63. The maximum Gasteiger partial charge on any atom is 0.350 e. The lowest BCUT2D eigenvalue weighted by Crippen LogP contribution is -2.16. The van der Waals surface area contributed by atoms with E-state index in [0.717, 1.165) is 0 Å². The normalized spacial score (nSPS) is 10.1. The van der Waals surface area contributed by atoms with E-state index in [9.17, 15) is 9.59 Å². The molecule has 0 aliphatic carbocycles. The minimum atomic E-state index is -0.480. The Morgan fingerprint density at radius 2 is 2.19 bits per heavy atom. The zero-order chi connectivity index (χ0) is 15.2. The molecule has 0 aliphatic heterocycles. The fourth-order valence-electron chi connectivity index (χ4n) is 1.43. The van der Waals surface area contributed by atoms with Gasteiger partial charge in [-0.3, -0.25) is 4.79 Å². The van der Waals surface area contributed by atoms with Gasteiger partial charge in [0.15, 0.2) is 5.82 Å². The third-order valence-corrected chi connectivity index (χ3v) is 4.23. The molecule has 7 nitrogen and oxygen atoms in total. The smallest absolute Gasteiger partial charge is 0.350 e. The predicted molar refractivity (Wildman–Crippen MR) is 81.5 cm³/mol. The van der Waals surface area contributed by atoms with Crippen LogP contribution in [0.5, 0.6) is 0 Å². The molecule has 2 aromatic rings. The number of nitrogen functional groups attached to an aromatic ring is 1. The second-order valence-corrected chi connectivity index (χ2v) is 5.62. The number of nitrogens with one attached hydrogen (secondary N) is 1. The van der Waals surface area contributed by atoms with Crippen LogP contribution in [-0.4, -0.2) is 34.7 Å². The SMILES string of the molecule is COC(=O)c1sccc1NC(=O)CSc1nccnc1N. The molecule has 0 unspecified atom stereocenters. The van der Waals surface area contributed by atoms with Gasteiger partial charge in [-0.25, -0.2) is 14.8 Å². The van der Waals surface area contributed by atoms with Crippen LogP contribution in [0.2, 0.25) is 0 Å². The molecule has 0 spiro atoms. The standard InChI is InChI=1S/C12H12N4O3S2/c1-19-12(18)9-7(2-5-20-9)16-8(17)6-21-11-10(13)14-3-4-15-11/h2-5H,6H2,1H3,(H2,13,14)(H,16,17). The summed E-state index contributed by atoms with van der Waals surface area (Å²) in [4.78, 5) is 31.7. The molecule has 1 amide bonds. The molecule has 0 saturated heterocycles. The number of amides is 1. The zero-order valence-corrected chi connectivity index (χ0v) is 12.7. The highest BCUT2D eigenvalue weighted by Crippen LogP contribution is 2.24. The number of hydrogen-bond donors (Lipinski definition) is 2. The average Bonchev–Trinajstić information content (AvgIpc) is 2.93. The fourth-order valence-corrected chi connectivity index (χ4v) is 2.87. The van der Waals surface area contributed by atoms with Crippen molar-refractivity contribution in [3.05, 3.63) is 28.7 Å². The highest BCUT2D eigenvalue weighted by molar-refractivity contribution is 8.00. The van der Waals surface area contributed by atoms with Crippen LogP contribution in [0.15, 0.2) is 28.9 Å². The van der Waals surface area contributed by atoms with Crippen LogP contribution in [-0.2, 0) is 9.53 Å². The molecule has 0 bridgehead atoms. The molecule has 0 saturated carbocycles. The lowest BCUT2D eigenvalue weighted by atomic mass is 10.4. The number of carbonyl (C=O) groups is 2. The van der Waals surface area contributed by atoms with Crippen molar-refractivity contribution in [2.75, 3.05) is 23.9 Å². The Balaban J connectivity index is 1.95. The molecule has 2 rings (SSSR count). The summed E-state index contributed by atoms with van der Waals surface area (Å²) in [7, 11) is 1.29. The topological polar surface area (TPSA) is 107 Å². The van der Waals surface area contributed by atoms with Gasteiger partial charge in [0.25, 0.3) is 0 Å². The molecule has 0 aliphatic rings. The Labute approximate surface area is 128 Å². The number of esters is 1. The van der Waals surface area contributed by atoms with Gasteiger partial charge in [-0.05, 0) is 11.4 Å². The number of thiophene rings is 1. The summed E-state index contributed by atoms with van der Waals surface area (Å²) in [6.45, 7) is 0. The number of nitrogens with zero attached hydrogens (tertiary/aromatic N) is 2. The van der Waals surface area contributed by atoms with E-state index < -0.39 is 5.97 Å². The van der Waals surface area contributed by atoms with Crippen molar-refractivity contribution in [3.63, 3.8) is 0 Å². The molecular weight excluding hydrogens is 312 g/mol. The van der Waals surface area contributed by atoms with Crippen molar-refractivity contribution in [3.8, 4) is 0 Å². The first kappa shape index (κ1) is 15.3. The van der Waals surface area contributed by atoms with Crippen molar-refractivity contribution in [2.45, 2.75) is 5.03 Å². The summed E-state index contributed by atoms with van der Waals surface area (Å²) in [6, 6.07) is 1.65. The summed E-state index contributed by atoms with van der Waals surface area (Å²) in [5, 5.41) is 4.85. The predicted octanol–water partition coefficient (Wildman–Crippen LogP) is 1.64. The van der Waals surface area contributed by atoms with Crippen molar-refractivity contribution in [1.82, 2.24) is 9.97 Å². The Hall–Kier alpha value is -2.13. The van der Waals surface area contributed by atoms with Crippen LogP contribution in [0.3, 0.4) is 0 Å². The minimum absolute atomic E-state index is 0.110. The van der Waals surface area contributed by atoms with E-state index >= 15 is 0 Å². The second-order valence-electron chi connectivity index (χ2n) is 3.74. The molecule has 9 heteroatoms. The van der Waals surface area contributed by atoms with Gasteiger partial charge in [-0.2, -0.15) is 0 Å². The van der Waals surface area contributed by atoms with Gasteiger partial charge in [0, 0.05) is 12.4 Å². The van der Waals surface area contributed by atoms with Gasteiger partial charge >= 0.3 is 5.97 Å². The van der Waals surface area contributed by atoms with Crippen molar-refractivity contribution in [1.29, 1.82) is 0 Å². The average molecular weight is 324 g/mol. The van der Waals surface area contributed by atoms with Crippen LogP contribution in [0.1, 0.15) is 9.67 Å². The van der Waals surface area contributed by atoms with Gasteiger partial charge in [-0.15, -0.1) is 11.3 Å². The number of anilines is 2. The Morgan fingerprint density at radius 3 is 2.90 bits per heavy atom. The third kappa shape index (κ3) is 3.92. The minimum Gasteiger partial charge on any atom is -0.465 e. The number of carbonyl (C=O) groups excluding carboxylic acids is 2. The first-order chi connectivity index (χ1) is 10.1. The molecule has 2 aromatic heterocycles. The van der Waals surface area contributed by atoms with E-state index in [2.05, 4.69) is 20.0 Å². The number of methoxy groups -OCH3 is 1. The van der Waals surface area contributed by atoms with E-state index in [1.165, 1.54) is 42.6 Å². The lowest BCUT2D eigenvalue weighted by Gasteiger charge is -2.06. The van der Waals surface area contributed by atoms with Crippen LogP contribution in [0.4, 0.5) is 11.5 Å². The molecule has 2 heterocycles. The molecule has 3 N–H and O–H groups in total. The maximum atomic E-state index is 11.9. The van der Waals surface area contributed by atoms with Gasteiger partial charge < -0.3 is 15.8 Å². The summed E-state index contributed by atoms with van der Waals surface area (Å²) in [5.74, 6) is -0.361. The first-order valence-electron chi connectivity index (χ1n) is 5.76. The van der Waals surface area contributed by atoms with E-state index in [1.807, 2.05) is 0 Å². The molecule has 21 heavy (non-hydrogen) atoms.